The number of hydrogen-bond donors (Lipinski definition) is 0. The largest absolute Gasteiger partial charge is 0.147 e. The summed E-state index contributed by atoms with van der Waals surface area (Å²) < 4.78 is 7.15. The van der Waals surface area contributed by atoms with Crippen LogP contribution in [0.5, 0.6) is 0 Å². The Morgan fingerprint density at radius 3 is 3.17 bits per heavy atom. The van der Waals surface area contributed by atoms with Gasteiger partial charge < -0.3 is 0 Å². The van der Waals surface area contributed by atoms with E-state index >= 15 is 0 Å². The molecule has 1 rings (SSSR count). The lowest BCUT2D eigenvalue weighted by molar-refractivity contribution is 1.78. The van der Waals surface area contributed by atoms with E-state index in [2.05, 4.69) is 6.08 Å². The normalized spacial score (nSPS) is 36.0. The van der Waals surface area contributed by atoms with Gasteiger partial charge in [-0.25, -0.2) is 0 Å². The van der Waals surface area contributed by atoms with Gasteiger partial charge in [-0.05, 0) is 5.41 Å². The molecule has 0 radical (unpaired) electrons. The first kappa shape index (κ1) is 3.44. The summed E-state index contributed by atoms with van der Waals surface area (Å²) in [6.45, 7) is 0. The summed E-state index contributed by atoms with van der Waals surface area (Å²) in [5.41, 5.74) is 0. The highest BCUT2D eigenvalue weighted by atomic mass is 32.2. The van der Waals surface area contributed by atoms with Gasteiger partial charge in [0.05, 0.1) is 0 Å². The van der Waals surface area contributed by atoms with Crippen LogP contribution in [0.2, 0.25) is 0 Å². The van der Waals surface area contributed by atoms with Gasteiger partial charge in [-0.3, -0.25) is 0 Å². The van der Waals surface area contributed by atoms with Crippen molar-refractivity contribution >= 4 is 23.5 Å². The summed E-state index contributed by atoms with van der Waals surface area (Å²) in [7, 11) is 0. The molecule has 0 fully saturated rings. The molecule has 0 aliphatic carbocycles. The first-order valence-corrected chi connectivity index (χ1v) is 3.73. The van der Waals surface area contributed by atoms with E-state index in [4.69, 9.17) is 1.37 Å². The molecule has 1 atom stereocenters. The molecule has 0 aromatic rings. The first-order valence-electron chi connectivity index (χ1n) is 2.31. The first-order chi connectivity index (χ1) is 3.39. The van der Waals surface area contributed by atoms with E-state index in [1.807, 2.05) is 5.41 Å². The summed E-state index contributed by atoms with van der Waals surface area (Å²) >= 11 is 3.23. The minimum absolute atomic E-state index is 0.0324. The van der Waals surface area contributed by atoms with Crippen molar-refractivity contribution in [2.45, 2.75) is 0 Å². The zero-order chi connectivity index (χ0) is 5.11. The van der Waals surface area contributed by atoms with E-state index in [0.29, 0.717) is 0 Å². The van der Waals surface area contributed by atoms with E-state index in [1.54, 1.807) is 23.5 Å². The third-order valence-corrected chi connectivity index (χ3v) is 2.21. The minimum Gasteiger partial charge on any atom is -0.147 e. The lowest BCUT2D eigenvalue weighted by Gasteiger charge is -1.97. The van der Waals surface area contributed by atoms with E-state index in [1.165, 1.54) is 0 Å². The summed E-state index contributed by atoms with van der Waals surface area (Å²) in [4.78, 5) is 0. The van der Waals surface area contributed by atoms with E-state index in [0.717, 1.165) is 5.75 Å². The maximum atomic E-state index is 7.15. The molecule has 1 aliphatic heterocycles. The SMILES string of the molecule is [2H]C1SC=CCS1. The second-order valence-corrected chi connectivity index (χ2v) is 2.92. The number of rotatable bonds is 0. The standard InChI is InChI=1S/C4H6S2/c1-2-5-4-6-3-1/h1-2H,3-4H2/i4D. The molecule has 0 N–H and O–H groups in total. The molecule has 0 amide bonds. The van der Waals surface area contributed by atoms with Gasteiger partial charge in [0.15, 0.2) is 0 Å². The van der Waals surface area contributed by atoms with E-state index < -0.39 is 0 Å². The summed E-state index contributed by atoms with van der Waals surface area (Å²) in [6.07, 6.45) is 2.08. The monoisotopic (exact) mass is 119 g/mol. The van der Waals surface area contributed by atoms with Crippen LogP contribution in [0.4, 0.5) is 0 Å². The van der Waals surface area contributed by atoms with Crippen LogP contribution in [0.15, 0.2) is 11.5 Å². The average molecular weight is 119 g/mol. The molecule has 2 heteroatoms. The maximum Gasteiger partial charge on any atom is 0.0499 e. The molecule has 0 bridgehead atoms. The van der Waals surface area contributed by atoms with Crippen molar-refractivity contribution in [3.05, 3.63) is 11.5 Å². The molecule has 0 saturated carbocycles. The van der Waals surface area contributed by atoms with Gasteiger partial charge in [-0.15, -0.1) is 23.5 Å². The fourth-order valence-electron chi connectivity index (χ4n) is 0.261. The van der Waals surface area contributed by atoms with Crippen LogP contribution in [-0.4, -0.2) is 10.8 Å². The van der Waals surface area contributed by atoms with Crippen LogP contribution >= 0.6 is 23.5 Å². The molecular formula is C4H6S2. The Kier molecular flexibility index (Phi) is 1.48. The highest BCUT2D eigenvalue weighted by molar-refractivity contribution is 8.17. The quantitative estimate of drug-likeness (QED) is 0.478. The van der Waals surface area contributed by atoms with Crippen molar-refractivity contribution in [2.24, 2.45) is 0 Å². The minimum atomic E-state index is 0.0324. The Bertz CT molecular complexity index is 81.8. The van der Waals surface area contributed by atoms with Crippen molar-refractivity contribution in [1.82, 2.24) is 0 Å². The lowest BCUT2D eigenvalue weighted by Crippen LogP contribution is -1.76. The molecule has 1 aliphatic rings. The Labute approximate surface area is 47.8 Å². The molecule has 1 unspecified atom stereocenters. The predicted octanol–water partition coefficient (Wildman–Crippen LogP) is 1.94. The summed E-state index contributed by atoms with van der Waals surface area (Å²) in [5, 5.41) is 2.03. The average Bonchev–Trinajstić information content (AvgIpc) is 1.69. The van der Waals surface area contributed by atoms with Crippen LogP contribution < -0.4 is 0 Å². The van der Waals surface area contributed by atoms with Gasteiger partial charge in [-0.2, -0.15) is 0 Å². The summed E-state index contributed by atoms with van der Waals surface area (Å²) in [6, 6.07) is 0. The van der Waals surface area contributed by atoms with Crippen LogP contribution in [0.1, 0.15) is 1.37 Å². The lowest BCUT2D eigenvalue weighted by atomic mass is 10.8. The fraction of sp³-hybridized carbons (Fsp3) is 0.500. The predicted molar refractivity (Wildman–Crippen MR) is 34.1 cm³/mol. The number of hydrogen-bond acceptors (Lipinski definition) is 2. The van der Waals surface area contributed by atoms with E-state index in [9.17, 15) is 0 Å². The molecule has 0 aromatic carbocycles. The van der Waals surface area contributed by atoms with Crippen molar-refractivity contribution in [2.75, 3.05) is 10.8 Å². The maximum absolute atomic E-state index is 7.15. The molecule has 0 saturated heterocycles. The molecule has 1 heterocycles. The molecule has 6 heavy (non-hydrogen) atoms. The van der Waals surface area contributed by atoms with Gasteiger partial charge in [0.2, 0.25) is 0 Å². The third-order valence-electron chi connectivity index (χ3n) is 0.491. The summed E-state index contributed by atoms with van der Waals surface area (Å²) in [5.74, 6) is 1.02. The Morgan fingerprint density at radius 1 is 1.83 bits per heavy atom. The molecule has 0 aromatic heterocycles. The smallest absolute Gasteiger partial charge is 0.0499 e. The second kappa shape index (κ2) is 2.59. The fourth-order valence-corrected chi connectivity index (χ4v) is 1.68. The second-order valence-electron chi connectivity index (χ2n) is 0.937. The molecule has 0 spiro atoms. The topological polar surface area (TPSA) is 0 Å². The van der Waals surface area contributed by atoms with Gasteiger partial charge >= 0.3 is 0 Å². The molecule has 34 valence electrons. The van der Waals surface area contributed by atoms with Gasteiger partial charge in [-0.1, -0.05) is 6.08 Å². The van der Waals surface area contributed by atoms with Crippen LogP contribution in [0.3, 0.4) is 0 Å². The van der Waals surface area contributed by atoms with Crippen molar-refractivity contribution < 1.29 is 1.37 Å². The number of thioether (sulfide) groups is 2. The van der Waals surface area contributed by atoms with Crippen molar-refractivity contribution in [1.29, 1.82) is 0 Å². The van der Waals surface area contributed by atoms with Crippen LogP contribution in [0, 0.1) is 0 Å². The van der Waals surface area contributed by atoms with Crippen LogP contribution in [0.25, 0.3) is 0 Å². The van der Waals surface area contributed by atoms with Gasteiger partial charge in [0.1, 0.15) is 0 Å². The van der Waals surface area contributed by atoms with Gasteiger partial charge in [0, 0.05) is 12.2 Å². The van der Waals surface area contributed by atoms with Gasteiger partial charge in [0.25, 0.3) is 0 Å². The highest BCUT2D eigenvalue weighted by Gasteiger charge is 1.87. The van der Waals surface area contributed by atoms with Crippen LogP contribution in [-0.2, 0) is 0 Å². The Morgan fingerprint density at radius 2 is 2.83 bits per heavy atom. The van der Waals surface area contributed by atoms with E-state index in [-0.39, 0.29) is 5.06 Å². The third kappa shape index (κ3) is 1.27. The van der Waals surface area contributed by atoms with Crippen molar-refractivity contribution in [3.8, 4) is 0 Å². The highest BCUT2D eigenvalue weighted by Crippen LogP contribution is 2.17. The zero-order valence-electron chi connectivity index (χ0n) is 4.26. The Balaban J connectivity index is 2.32. The Hall–Kier alpha value is 0.440. The zero-order valence-corrected chi connectivity index (χ0v) is 4.89. The molecule has 0 nitrogen and oxygen atoms in total. The molecular weight excluding hydrogens is 112 g/mol. The van der Waals surface area contributed by atoms with Crippen molar-refractivity contribution in [3.63, 3.8) is 0 Å².